The van der Waals surface area contributed by atoms with Crippen molar-refractivity contribution in [3.05, 3.63) is 0 Å². The highest BCUT2D eigenvalue weighted by Gasteiger charge is 2.09. The molecule has 1 atom stereocenters. The van der Waals surface area contributed by atoms with E-state index in [0.717, 1.165) is 19.3 Å². The van der Waals surface area contributed by atoms with Crippen LogP contribution in [0.1, 0.15) is 39.0 Å². The minimum absolute atomic E-state index is 0.335. The van der Waals surface area contributed by atoms with E-state index < -0.39 is 12.1 Å². The van der Waals surface area contributed by atoms with Crippen molar-refractivity contribution in [3.8, 4) is 0 Å². The molecule has 0 saturated carbocycles. The van der Waals surface area contributed by atoms with E-state index in [4.69, 9.17) is 5.73 Å². The van der Waals surface area contributed by atoms with Crippen molar-refractivity contribution in [3.63, 3.8) is 0 Å². The number of aliphatic hydroxyl groups is 1. The Morgan fingerprint density at radius 2 is 2.07 bits per heavy atom. The van der Waals surface area contributed by atoms with Gasteiger partial charge in [0, 0.05) is 13.6 Å². The van der Waals surface area contributed by atoms with Gasteiger partial charge in [-0.3, -0.25) is 0 Å². The first kappa shape index (κ1) is 13.2. The van der Waals surface area contributed by atoms with Gasteiger partial charge in [-0.2, -0.15) is 0 Å². The van der Waals surface area contributed by atoms with Crippen molar-refractivity contribution in [1.29, 1.82) is 0 Å². The number of carbonyl (C=O) groups is 1. The molecule has 0 aromatic rings. The van der Waals surface area contributed by atoms with E-state index in [-0.39, 0.29) is 0 Å². The van der Waals surface area contributed by atoms with Crippen LogP contribution >= 0.6 is 0 Å². The summed E-state index contributed by atoms with van der Waals surface area (Å²) in [4.78, 5) is 12.0. The molecule has 2 amide bonds. The highest BCUT2D eigenvalue weighted by molar-refractivity contribution is 5.71. The number of primary amides is 1. The van der Waals surface area contributed by atoms with Crippen LogP contribution in [0.4, 0.5) is 4.79 Å². The van der Waals surface area contributed by atoms with Crippen LogP contribution in [-0.2, 0) is 0 Å². The van der Waals surface area contributed by atoms with Crippen molar-refractivity contribution in [1.82, 2.24) is 4.90 Å². The van der Waals surface area contributed by atoms with Crippen molar-refractivity contribution < 1.29 is 9.90 Å². The number of amides is 2. The maximum Gasteiger partial charge on any atom is 0.314 e. The number of hydrogen-bond donors (Lipinski definition) is 2. The average molecular weight is 202 g/mol. The van der Waals surface area contributed by atoms with Crippen LogP contribution in [0.25, 0.3) is 0 Å². The number of rotatable bonds is 7. The van der Waals surface area contributed by atoms with Crippen LogP contribution < -0.4 is 5.73 Å². The number of nitrogens with zero attached hydrogens (tertiary/aromatic N) is 1. The molecule has 0 aliphatic rings. The molecule has 0 radical (unpaired) electrons. The molecule has 4 nitrogen and oxygen atoms in total. The van der Waals surface area contributed by atoms with Crippen molar-refractivity contribution in [2.24, 2.45) is 5.73 Å². The minimum Gasteiger partial charge on any atom is -0.391 e. The quantitative estimate of drug-likeness (QED) is 0.611. The van der Waals surface area contributed by atoms with Gasteiger partial charge < -0.3 is 15.7 Å². The van der Waals surface area contributed by atoms with Gasteiger partial charge in [0.15, 0.2) is 0 Å². The standard InChI is InChI=1S/C10H22N2O2/c1-3-4-5-6-7-9(13)8-12(2)10(11)14/h9,13H,3-8H2,1-2H3,(H2,11,14). The zero-order valence-corrected chi connectivity index (χ0v) is 9.20. The molecule has 0 heterocycles. The fourth-order valence-electron chi connectivity index (χ4n) is 1.30. The summed E-state index contributed by atoms with van der Waals surface area (Å²) in [5, 5.41) is 9.52. The second kappa shape index (κ2) is 7.62. The molecule has 0 aliphatic heterocycles. The van der Waals surface area contributed by atoms with Gasteiger partial charge in [0.1, 0.15) is 0 Å². The Labute approximate surface area is 86.1 Å². The van der Waals surface area contributed by atoms with Crippen LogP contribution in [-0.4, -0.2) is 35.7 Å². The van der Waals surface area contributed by atoms with E-state index in [0.29, 0.717) is 6.54 Å². The molecule has 0 aromatic heterocycles. The number of likely N-dealkylation sites (N-methyl/N-ethyl adjacent to an activating group) is 1. The summed E-state index contributed by atoms with van der Waals surface area (Å²) in [6.45, 7) is 2.48. The van der Waals surface area contributed by atoms with Crippen LogP contribution in [0.2, 0.25) is 0 Å². The first-order valence-corrected chi connectivity index (χ1v) is 5.26. The Morgan fingerprint density at radius 3 is 2.57 bits per heavy atom. The van der Waals surface area contributed by atoms with Crippen molar-refractivity contribution in [2.75, 3.05) is 13.6 Å². The highest BCUT2D eigenvalue weighted by atomic mass is 16.3. The van der Waals surface area contributed by atoms with E-state index >= 15 is 0 Å². The number of aliphatic hydroxyl groups excluding tert-OH is 1. The lowest BCUT2D eigenvalue weighted by molar-refractivity contribution is 0.123. The summed E-state index contributed by atoms with van der Waals surface area (Å²) < 4.78 is 0. The van der Waals surface area contributed by atoms with Gasteiger partial charge in [-0.1, -0.05) is 32.6 Å². The Balaban J connectivity index is 3.45. The molecule has 0 rings (SSSR count). The van der Waals surface area contributed by atoms with E-state index in [2.05, 4.69) is 6.92 Å². The van der Waals surface area contributed by atoms with Crippen LogP contribution in [0.15, 0.2) is 0 Å². The molecule has 0 spiro atoms. The van der Waals surface area contributed by atoms with Crippen LogP contribution in [0, 0.1) is 0 Å². The molecular formula is C10H22N2O2. The smallest absolute Gasteiger partial charge is 0.314 e. The first-order chi connectivity index (χ1) is 6.57. The minimum atomic E-state index is -0.488. The highest BCUT2D eigenvalue weighted by Crippen LogP contribution is 2.06. The fourth-order valence-corrected chi connectivity index (χ4v) is 1.30. The van der Waals surface area contributed by atoms with Gasteiger partial charge in [-0.25, -0.2) is 4.79 Å². The van der Waals surface area contributed by atoms with Gasteiger partial charge in [0.2, 0.25) is 0 Å². The third kappa shape index (κ3) is 6.71. The Kier molecular flexibility index (Phi) is 7.20. The lowest BCUT2D eigenvalue weighted by atomic mass is 10.1. The van der Waals surface area contributed by atoms with Gasteiger partial charge in [0.25, 0.3) is 0 Å². The van der Waals surface area contributed by atoms with Gasteiger partial charge in [-0.15, -0.1) is 0 Å². The third-order valence-electron chi connectivity index (χ3n) is 2.25. The summed E-state index contributed by atoms with van der Waals surface area (Å²) in [6, 6.07) is -0.488. The SMILES string of the molecule is CCCCCCC(O)CN(C)C(N)=O. The number of hydrogen-bond acceptors (Lipinski definition) is 2. The molecular weight excluding hydrogens is 180 g/mol. The number of unbranched alkanes of at least 4 members (excludes halogenated alkanes) is 3. The lowest BCUT2D eigenvalue weighted by Crippen LogP contribution is -2.37. The largest absolute Gasteiger partial charge is 0.391 e. The molecule has 0 fully saturated rings. The second-order valence-corrected chi connectivity index (χ2v) is 3.72. The van der Waals surface area contributed by atoms with Crippen molar-refractivity contribution >= 4 is 6.03 Å². The van der Waals surface area contributed by atoms with Gasteiger partial charge in [0.05, 0.1) is 6.10 Å². The maximum atomic E-state index is 10.6. The van der Waals surface area contributed by atoms with Crippen molar-refractivity contribution in [2.45, 2.75) is 45.1 Å². The monoisotopic (exact) mass is 202 g/mol. The predicted molar refractivity (Wildman–Crippen MR) is 57.0 cm³/mol. The molecule has 0 aromatic carbocycles. The number of nitrogens with two attached hydrogens (primary N) is 1. The topological polar surface area (TPSA) is 66.6 Å². The maximum absolute atomic E-state index is 10.6. The summed E-state index contributed by atoms with van der Waals surface area (Å²) in [5.41, 5.74) is 5.04. The van der Waals surface area contributed by atoms with E-state index in [1.54, 1.807) is 7.05 Å². The average Bonchev–Trinajstić information content (AvgIpc) is 2.12. The zero-order valence-electron chi connectivity index (χ0n) is 9.20. The van der Waals surface area contributed by atoms with E-state index in [1.165, 1.54) is 17.7 Å². The summed E-state index contributed by atoms with van der Waals surface area (Å²) >= 11 is 0. The van der Waals surface area contributed by atoms with Gasteiger partial charge in [-0.05, 0) is 6.42 Å². The summed E-state index contributed by atoms with van der Waals surface area (Å²) in [5.74, 6) is 0. The normalized spacial score (nSPS) is 12.5. The molecule has 0 bridgehead atoms. The summed E-state index contributed by atoms with van der Waals surface area (Å²) in [7, 11) is 1.59. The fraction of sp³-hybridized carbons (Fsp3) is 0.900. The molecule has 3 N–H and O–H groups in total. The molecule has 1 unspecified atom stereocenters. The Hall–Kier alpha value is -0.770. The molecule has 0 aliphatic carbocycles. The zero-order chi connectivity index (χ0) is 11.0. The summed E-state index contributed by atoms with van der Waals surface area (Å²) in [6.07, 6.45) is 4.87. The molecule has 0 saturated heterocycles. The predicted octanol–water partition coefficient (Wildman–Crippen LogP) is 1.33. The number of carbonyl (C=O) groups excluding carboxylic acids is 1. The van der Waals surface area contributed by atoms with Gasteiger partial charge >= 0.3 is 6.03 Å². The Morgan fingerprint density at radius 1 is 1.43 bits per heavy atom. The van der Waals surface area contributed by atoms with Crippen LogP contribution in [0.5, 0.6) is 0 Å². The lowest BCUT2D eigenvalue weighted by Gasteiger charge is -2.18. The number of urea groups is 1. The molecule has 14 heavy (non-hydrogen) atoms. The van der Waals surface area contributed by atoms with E-state index in [1.807, 2.05) is 0 Å². The molecule has 84 valence electrons. The first-order valence-electron chi connectivity index (χ1n) is 5.26. The third-order valence-corrected chi connectivity index (χ3v) is 2.25. The Bertz CT molecular complexity index is 162. The molecule has 4 heteroatoms. The van der Waals surface area contributed by atoms with E-state index in [9.17, 15) is 9.90 Å². The second-order valence-electron chi connectivity index (χ2n) is 3.72. The van der Waals surface area contributed by atoms with Crippen LogP contribution in [0.3, 0.4) is 0 Å².